The minimum atomic E-state index is -3.80. The van der Waals surface area contributed by atoms with Gasteiger partial charge in [0.2, 0.25) is 15.9 Å². The number of rotatable bonds is 10. The van der Waals surface area contributed by atoms with Crippen molar-refractivity contribution in [3.8, 4) is 17.2 Å². The first-order chi connectivity index (χ1) is 15.5. The number of anilines is 1. The van der Waals surface area contributed by atoms with Gasteiger partial charge in [-0.25, -0.2) is 8.42 Å². The summed E-state index contributed by atoms with van der Waals surface area (Å²) >= 11 is 0. The molecular formula is C22H28N2O7S. The Hall–Kier alpha value is -2.82. The summed E-state index contributed by atoms with van der Waals surface area (Å²) in [4.78, 5) is 12.4. The van der Waals surface area contributed by atoms with Crippen LogP contribution in [-0.4, -0.2) is 65.3 Å². The number of nitrogens with one attached hydrogen (secondary N) is 1. The maximum absolute atomic E-state index is 13.2. The number of amides is 1. The summed E-state index contributed by atoms with van der Waals surface area (Å²) in [6, 6.07) is 11.8. The van der Waals surface area contributed by atoms with Crippen molar-refractivity contribution in [2.45, 2.75) is 18.2 Å². The number of hydrogen-bond acceptors (Lipinski definition) is 7. The van der Waals surface area contributed by atoms with Gasteiger partial charge in [0.1, 0.15) is 10.6 Å². The van der Waals surface area contributed by atoms with Gasteiger partial charge >= 0.3 is 0 Å². The van der Waals surface area contributed by atoms with Crippen LogP contribution in [0.15, 0.2) is 47.4 Å². The summed E-state index contributed by atoms with van der Waals surface area (Å²) in [5.74, 6) is 1.07. The molecule has 3 rings (SSSR count). The maximum atomic E-state index is 13.2. The van der Waals surface area contributed by atoms with Crippen LogP contribution in [0.3, 0.4) is 0 Å². The number of carbonyl (C=O) groups excluding carboxylic acids is 1. The van der Waals surface area contributed by atoms with Crippen LogP contribution in [0.5, 0.6) is 17.2 Å². The Balaban J connectivity index is 1.68. The van der Waals surface area contributed by atoms with Crippen LogP contribution in [-0.2, 0) is 19.6 Å². The van der Waals surface area contributed by atoms with Crippen LogP contribution in [0.25, 0.3) is 0 Å². The fourth-order valence-electron chi connectivity index (χ4n) is 3.20. The van der Waals surface area contributed by atoms with E-state index in [9.17, 15) is 13.2 Å². The van der Waals surface area contributed by atoms with Crippen molar-refractivity contribution < 1.29 is 32.2 Å². The highest BCUT2D eigenvalue weighted by Gasteiger charge is 2.29. The van der Waals surface area contributed by atoms with Crippen LogP contribution in [0.4, 0.5) is 5.69 Å². The molecule has 0 radical (unpaired) electrons. The van der Waals surface area contributed by atoms with Gasteiger partial charge in [-0.15, -0.1) is 0 Å². The number of benzene rings is 2. The van der Waals surface area contributed by atoms with E-state index in [1.807, 2.05) is 12.1 Å². The molecular weight excluding hydrogens is 436 g/mol. The number of methoxy groups -OCH3 is 1. The van der Waals surface area contributed by atoms with E-state index in [1.54, 1.807) is 38.3 Å². The quantitative estimate of drug-likeness (QED) is 0.576. The average molecular weight is 465 g/mol. The van der Waals surface area contributed by atoms with E-state index in [4.69, 9.17) is 18.9 Å². The molecule has 1 fully saturated rings. The fourth-order valence-corrected chi connectivity index (χ4v) is 4.77. The lowest BCUT2D eigenvalue weighted by Crippen LogP contribution is -2.40. The number of carbonyl (C=O) groups is 1. The molecule has 1 saturated heterocycles. The van der Waals surface area contributed by atoms with Crippen LogP contribution < -0.4 is 19.5 Å². The van der Waals surface area contributed by atoms with Crippen LogP contribution in [0.2, 0.25) is 0 Å². The summed E-state index contributed by atoms with van der Waals surface area (Å²) in [6.07, 6.45) is 0.0802. The van der Waals surface area contributed by atoms with Gasteiger partial charge in [0.25, 0.3) is 0 Å². The van der Waals surface area contributed by atoms with E-state index in [0.29, 0.717) is 37.0 Å². The number of nitrogens with zero attached hydrogens (tertiary/aromatic N) is 1. The van der Waals surface area contributed by atoms with Crippen molar-refractivity contribution in [1.82, 2.24) is 4.31 Å². The second-order valence-corrected chi connectivity index (χ2v) is 8.81. The highest BCUT2D eigenvalue weighted by atomic mass is 32.2. The van der Waals surface area contributed by atoms with E-state index in [1.165, 1.54) is 10.4 Å². The predicted molar refractivity (Wildman–Crippen MR) is 119 cm³/mol. The second kappa shape index (κ2) is 11.2. The Bertz CT molecular complexity index is 1020. The molecule has 9 nitrogen and oxygen atoms in total. The Morgan fingerprint density at radius 2 is 1.78 bits per heavy atom. The number of morpholine rings is 1. The Kier molecular flexibility index (Phi) is 8.32. The number of ether oxygens (including phenoxy) is 4. The number of hydrogen-bond donors (Lipinski definition) is 1. The van der Waals surface area contributed by atoms with Gasteiger partial charge < -0.3 is 24.3 Å². The van der Waals surface area contributed by atoms with Gasteiger partial charge in [0.15, 0.2) is 11.5 Å². The zero-order valence-corrected chi connectivity index (χ0v) is 19.0. The molecule has 0 unspecified atom stereocenters. The first-order valence-corrected chi connectivity index (χ1v) is 11.8. The van der Waals surface area contributed by atoms with E-state index in [2.05, 4.69) is 5.32 Å². The topological polar surface area (TPSA) is 103 Å². The largest absolute Gasteiger partial charge is 0.493 e. The molecule has 0 saturated carbocycles. The van der Waals surface area contributed by atoms with Gasteiger partial charge in [0, 0.05) is 18.8 Å². The molecule has 0 spiro atoms. The molecule has 0 atom stereocenters. The Morgan fingerprint density at radius 3 is 2.47 bits per heavy atom. The number of para-hydroxylation sites is 2. The summed E-state index contributed by atoms with van der Waals surface area (Å²) in [7, 11) is -2.25. The molecule has 1 aliphatic rings. The molecule has 1 heterocycles. The normalized spacial score (nSPS) is 14.6. The third kappa shape index (κ3) is 5.90. The van der Waals surface area contributed by atoms with Crippen molar-refractivity contribution in [2.75, 3.05) is 51.9 Å². The van der Waals surface area contributed by atoms with Gasteiger partial charge in [0.05, 0.1) is 40.0 Å². The molecule has 10 heteroatoms. The molecule has 0 aliphatic carbocycles. The molecule has 2 aromatic carbocycles. The first-order valence-electron chi connectivity index (χ1n) is 10.4. The summed E-state index contributed by atoms with van der Waals surface area (Å²) in [6.45, 7) is 3.45. The third-order valence-electron chi connectivity index (χ3n) is 4.77. The van der Waals surface area contributed by atoms with Crippen molar-refractivity contribution in [3.05, 3.63) is 42.5 Å². The lowest BCUT2D eigenvalue weighted by atomic mass is 10.3. The zero-order valence-electron chi connectivity index (χ0n) is 18.2. The minimum Gasteiger partial charge on any atom is -0.493 e. The van der Waals surface area contributed by atoms with E-state index >= 15 is 0 Å². The van der Waals surface area contributed by atoms with Crippen molar-refractivity contribution >= 4 is 21.6 Å². The molecule has 1 aliphatic heterocycles. The van der Waals surface area contributed by atoms with Crippen molar-refractivity contribution in [1.29, 1.82) is 0 Å². The SMILES string of the molecule is CCOc1ccc(NC(=O)CCOc2ccccc2OC)cc1S(=O)(=O)N1CCOCC1. The molecule has 174 valence electrons. The zero-order chi connectivity index (χ0) is 23.0. The van der Waals surface area contributed by atoms with E-state index in [0.717, 1.165) is 0 Å². The van der Waals surface area contributed by atoms with Crippen molar-refractivity contribution in [3.63, 3.8) is 0 Å². The predicted octanol–water partition coefficient (Wildman–Crippen LogP) is 2.52. The van der Waals surface area contributed by atoms with Crippen LogP contribution in [0, 0.1) is 0 Å². The highest BCUT2D eigenvalue weighted by molar-refractivity contribution is 7.89. The van der Waals surface area contributed by atoms with Gasteiger partial charge in [-0.3, -0.25) is 4.79 Å². The van der Waals surface area contributed by atoms with Gasteiger partial charge in [-0.2, -0.15) is 4.31 Å². The van der Waals surface area contributed by atoms with Crippen LogP contribution >= 0.6 is 0 Å². The van der Waals surface area contributed by atoms with E-state index in [-0.39, 0.29) is 42.7 Å². The molecule has 0 aromatic heterocycles. The first kappa shape index (κ1) is 23.8. The molecule has 1 amide bonds. The maximum Gasteiger partial charge on any atom is 0.246 e. The van der Waals surface area contributed by atoms with Crippen molar-refractivity contribution in [2.24, 2.45) is 0 Å². The molecule has 2 aromatic rings. The standard InChI is InChI=1S/C22H28N2O7S/c1-3-30-20-9-8-17(16-21(20)32(26,27)24-11-14-29-15-12-24)23-22(25)10-13-31-19-7-5-4-6-18(19)28-2/h4-9,16H,3,10-15H2,1-2H3,(H,23,25). The summed E-state index contributed by atoms with van der Waals surface area (Å²) in [5.41, 5.74) is 0.363. The Morgan fingerprint density at radius 1 is 1.06 bits per heavy atom. The monoisotopic (exact) mass is 464 g/mol. The Labute approximate surface area is 188 Å². The molecule has 1 N–H and O–H groups in total. The van der Waals surface area contributed by atoms with Gasteiger partial charge in [-0.05, 0) is 37.3 Å². The lowest BCUT2D eigenvalue weighted by molar-refractivity contribution is -0.116. The highest BCUT2D eigenvalue weighted by Crippen LogP contribution is 2.31. The summed E-state index contributed by atoms with van der Waals surface area (Å²) in [5, 5.41) is 2.73. The smallest absolute Gasteiger partial charge is 0.246 e. The molecule has 0 bridgehead atoms. The molecule has 32 heavy (non-hydrogen) atoms. The van der Waals surface area contributed by atoms with E-state index < -0.39 is 10.0 Å². The van der Waals surface area contributed by atoms with Gasteiger partial charge in [-0.1, -0.05) is 12.1 Å². The summed E-state index contributed by atoms with van der Waals surface area (Å²) < 4.78 is 49.3. The minimum absolute atomic E-state index is 0.0179. The lowest BCUT2D eigenvalue weighted by Gasteiger charge is -2.27. The van der Waals surface area contributed by atoms with Crippen LogP contribution in [0.1, 0.15) is 13.3 Å². The second-order valence-electron chi connectivity index (χ2n) is 6.91. The average Bonchev–Trinajstić information content (AvgIpc) is 2.81. The fraction of sp³-hybridized carbons (Fsp3) is 0.409. The number of sulfonamides is 1. The third-order valence-corrected chi connectivity index (χ3v) is 6.69.